The Morgan fingerprint density at radius 1 is 0.943 bits per heavy atom. The van der Waals surface area contributed by atoms with Gasteiger partial charge in [0, 0.05) is 36.3 Å². The molecule has 0 radical (unpaired) electrons. The zero-order valence-electron chi connectivity index (χ0n) is 20.7. The molecule has 1 fully saturated rings. The molecule has 1 aliphatic carbocycles. The molecule has 35 heavy (non-hydrogen) atoms. The van der Waals surface area contributed by atoms with Crippen LogP contribution in [-0.4, -0.2) is 52.8 Å². The summed E-state index contributed by atoms with van der Waals surface area (Å²) >= 11 is 1.66. The second kappa shape index (κ2) is 10.7. The van der Waals surface area contributed by atoms with E-state index in [4.69, 9.17) is 0 Å². The third kappa shape index (κ3) is 6.34. The fourth-order valence-electron chi connectivity index (χ4n) is 5.16. The normalized spacial score (nSPS) is 17.1. The van der Waals surface area contributed by atoms with E-state index in [1.807, 2.05) is 0 Å². The van der Waals surface area contributed by atoms with Gasteiger partial charge in [0.25, 0.3) is 0 Å². The first-order valence-electron chi connectivity index (χ1n) is 12.2. The zero-order chi connectivity index (χ0) is 25.2. The first kappa shape index (κ1) is 26.3. The lowest BCUT2D eigenvalue weighted by Crippen LogP contribution is -2.35. The molecule has 0 bridgehead atoms. The van der Waals surface area contributed by atoms with Gasteiger partial charge in [-0.1, -0.05) is 25.0 Å². The molecule has 0 spiro atoms. The van der Waals surface area contributed by atoms with Crippen LogP contribution in [0.1, 0.15) is 50.2 Å². The number of aryl methyl sites for hydroxylation is 1. The van der Waals surface area contributed by atoms with E-state index in [9.17, 15) is 16.8 Å². The number of sulfonamides is 2. The minimum atomic E-state index is -3.95. The highest BCUT2D eigenvalue weighted by Gasteiger charge is 2.28. The molecule has 0 amide bonds. The van der Waals surface area contributed by atoms with Crippen LogP contribution in [0.3, 0.4) is 0 Å². The van der Waals surface area contributed by atoms with Crippen LogP contribution in [0.2, 0.25) is 0 Å². The lowest BCUT2D eigenvalue weighted by atomic mass is 9.99. The molecule has 0 N–H and O–H groups in total. The summed E-state index contributed by atoms with van der Waals surface area (Å²) in [4.78, 5) is 3.40. The van der Waals surface area contributed by atoms with Crippen molar-refractivity contribution >= 4 is 43.4 Å². The van der Waals surface area contributed by atoms with Crippen molar-refractivity contribution in [3.8, 4) is 0 Å². The fraction of sp³-hybridized carbons (Fsp3) is 0.520. The van der Waals surface area contributed by atoms with E-state index < -0.39 is 20.0 Å². The van der Waals surface area contributed by atoms with Crippen molar-refractivity contribution in [3.05, 3.63) is 53.6 Å². The van der Waals surface area contributed by atoms with E-state index in [1.54, 1.807) is 36.2 Å². The van der Waals surface area contributed by atoms with Gasteiger partial charge in [-0.25, -0.2) is 21.1 Å². The minimum absolute atomic E-state index is 0.127. The van der Waals surface area contributed by atoms with Crippen molar-refractivity contribution in [2.24, 2.45) is 0 Å². The number of anilines is 2. The Kier molecular flexibility index (Phi) is 8.05. The molecule has 1 heterocycles. The van der Waals surface area contributed by atoms with Gasteiger partial charge in [-0.3, -0.25) is 0 Å². The van der Waals surface area contributed by atoms with Gasteiger partial charge in [-0.05, 0) is 86.0 Å². The summed E-state index contributed by atoms with van der Waals surface area (Å²) in [5, 5.41) is 0. The molecule has 2 aliphatic rings. The maximum Gasteiger partial charge on any atom is 0.245 e. The summed E-state index contributed by atoms with van der Waals surface area (Å²) < 4.78 is 51.3. The van der Waals surface area contributed by atoms with Crippen molar-refractivity contribution < 1.29 is 16.8 Å². The molecule has 10 heteroatoms. The Bertz CT molecular complexity index is 1210. The smallest absolute Gasteiger partial charge is 0.245 e. The molecule has 4 rings (SSSR count). The molecule has 0 unspecified atom stereocenters. The largest absolute Gasteiger partial charge is 0.372 e. The van der Waals surface area contributed by atoms with E-state index in [1.165, 1.54) is 36.1 Å². The number of rotatable bonds is 9. The van der Waals surface area contributed by atoms with Gasteiger partial charge in [-0.2, -0.15) is 3.71 Å². The topological polar surface area (TPSA) is 78.0 Å². The molecule has 0 saturated heterocycles. The minimum Gasteiger partial charge on any atom is -0.372 e. The highest BCUT2D eigenvalue weighted by molar-refractivity contribution is 8.09. The molecular weight excluding hydrogens is 502 g/mol. The molecule has 0 atom stereocenters. The van der Waals surface area contributed by atoms with E-state index in [2.05, 4.69) is 34.3 Å². The zero-order valence-corrected chi connectivity index (χ0v) is 23.1. The van der Waals surface area contributed by atoms with Crippen LogP contribution in [0.5, 0.6) is 0 Å². The lowest BCUT2D eigenvalue weighted by molar-refractivity contribution is 0.350. The SMILES string of the molecule is CCN1CCCc2cc(CN(Sc3ccc(N(S(C)(=O)=O)S(C)(=O)=O)cc3)C3CCCC3)ccc21. The number of hydrogen-bond acceptors (Lipinski definition) is 7. The number of nitrogens with zero attached hydrogens (tertiary/aromatic N) is 3. The van der Waals surface area contributed by atoms with Gasteiger partial charge in [0.1, 0.15) is 0 Å². The summed E-state index contributed by atoms with van der Waals surface area (Å²) in [6.07, 6.45) is 8.89. The summed E-state index contributed by atoms with van der Waals surface area (Å²) in [5.74, 6) is 0. The van der Waals surface area contributed by atoms with E-state index in [-0.39, 0.29) is 5.69 Å². The quantitative estimate of drug-likeness (QED) is 0.431. The Labute approximate surface area is 214 Å². The highest BCUT2D eigenvalue weighted by atomic mass is 32.3. The van der Waals surface area contributed by atoms with Crippen LogP contribution < -0.4 is 8.61 Å². The van der Waals surface area contributed by atoms with Crippen LogP contribution >= 0.6 is 11.9 Å². The van der Waals surface area contributed by atoms with Crippen molar-refractivity contribution in [1.82, 2.24) is 4.31 Å². The van der Waals surface area contributed by atoms with Gasteiger partial charge >= 0.3 is 0 Å². The number of benzene rings is 2. The molecule has 1 saturated carbocycles. The summed E-state index contributed by atoms with van der Waals surface area (Å²) in [5.41, 5.74) is 4.22. The molecule has 2 aromatic carbocycles. The van der Waals surface area contributed by atoms with Gasteiger partial charge in [-0.15, -0.1) is 0 Å². The third-order valence-electron chi connectivity index (χ3n) is 6.68. The average Bonchev–Trinajstić information content (AvgIpc) is 3.32. The summed E-state index contributed by atoms with van der Waals surface area (Å²) in [7, 11) is -7.91. The van der Waals surface area contributed by atoms with E-state index in [0.717, 1.165) is 56.3 Å². The van der Waals surface area contributed by atoms with E-state index >= 15 is 0 Å². The van der Waals surface area contributed by atoms with Gasteiger partial charge in [0.15, 0.2) is 0 Å². The summed E-state index contributed by atoms with van der Waals surface area (Å²) in [6.45, 7) is 5.19. The Balaban J connectivity index is 1.55. The van der Waals surface area contributed by atoms with E-state index in [0.29, 0.717) is 9.75 Å². The predicted octanol–water partition coefficient (Wildman–Crippen LogP) is 4.64. The first-order valence-corrected chi connectivity index (χ1v) is 16.6. The predicted molar refractivity (Wildman–Crippen MR) is 145 cm³/mol. The molecule has 2 aromatic rings. The van der Waals surface area contributed by atoms with Crippen molar-refractivity contribution in [1.29, 1.82) is 0 Å². The Hall–Kier alpha value is -1.75. The van der Waals surface area contributed by atoms with Crippen LogP contribution in [0.15, 0.2) is 47.4 Å². The molecule has 0 aromatic heterocycles. The Morgan fingerprint density at radius 2 is 1.60 bits per heavy atom. The van der Waals surface area contributed by atoms with Crippen LogP contribution in [0, 0.1) is 0 Å². The standard InChI is InChI=1S/C25H35N3O4S3/c1-4-26-17-7-8-21-18-20(11-16-25(21)26)19-27(22-9-5-6-10-22)33-24-14-12-23(13-15-24)28(34(2,29)30)35(3,31)32/h11-16,18,22H,4-10,17,19H2,1-3H3. The number of hydrogen-bond donors (Lipinski definition) is 0. The number of fused-ring (bicyclic) bond motifs is 1. The maximum atomic E-state index is 12.1. The third-order valence-corrected chi connectivity index (χ3v) is 11.1. The van der Waals surface area contributed by atoms with Gasteiger partial charge in [0.05, 0.1) is 18.2 Å². The lowest BCUT2D eigenvalue weighted by Gasteiger charge is -2.32. The Morgan fingerprint density at radius 3 is 2.20 bits per heavy atom. The van der Waals surface area contributed by atoms with Crippen LogP contribution in [0.4, 0.5) is 11.4 Å². The molecule has 7 nitrogen and oxygen atoms in total. The van der Waals surface area contributed by atoms with Gasteiger partial charge in [0.2, 0.25) is 20.0 Å². The van der Waals surface area contributed by atoms with Crippen molar-refractivity contribution in [2.75, 3.05) is 34.2 Å². The second-order valence-corrected chi connectivity index (χ2v) is 14.5. The van der Waals surface area contributed by atoms with Crippen LogP contribution in [-0.2, 0) is 33.0 Å². The maximum absolute atomic E-state index is 12.1. The second-order valence-electron chi connectivity index (χ2n) is 9.47. The first-order chi connectivity index (χ1) is 16.6. The molecular formula is C25H35N3O4S3. The van der Waals surface area contributed by atoms with Crippen molar-refractivity contribution in [3.63, 3.8) is 0 Å². The van der Waals surface area contributed by atoms with Crippen LogP contribution in [0.25, 0.3) is 0 Å². The van der Waals surface area contributed by atoms with Crippen molar-refractivity contribution in [2.45, 2.75) is 62.9 Å². The van der Waals surface area contributed by atoms with Gasteiger partial charge < -0.3 is 4.90 Å². The molecule has 192 valence electrons. The fourth-order valence-corrected chi connectivity index (χ4v) is 9.24. The molecule has 1 aliphatic heterocycles. The average molecular weight is 538 g/mol. The summed E-state index contributed by atoms with van der Waals surface area (Å²) in [6, 6.07) is 14.1. The monoisotopic (exact) mass is 537 g/mol. The highest BCUT2D eigenvalue weighted by Crippen LogP contribution is 2.36.